The number of nitrogens with zero attached hydrogens (tertiary/aromatic N) is 2. The molecule has 0 fully saturated rings. The molecule has 0 aromatic carbocycles. The average Bonchev–Trinajstić information content (AvgIpc) is 2.94. The van der Waals surface area contributed by atoms with Crippen molar-refractivity contribution in [2.45, 2.75) is 25.3 Å². The number of aromatic amines is 1. The molecule has 0 bridgehead atoms. The monoisotopic (exact) mass is 297 g/mol. The topological polar surface area (TPSA) is 91.8 Å². The first-order valence-corrected chi connectivity index (χ1v) is 7.81. The van der Waals surface area contributed by atoms with Gasteiger partial charge >= 0.3 is 0 Å². The minimum Gasteiger partial charge on any atom is -0.363 e. The summed E-state index contributed by atoms with van der Waals surface area (Å²) in [6.07, 6.45) is 3.12. The Balaban J connectivity index is 2.18. The molecule has 0 atom stereocenters. The van der Waals surface area contributed by atoms with Crippen molar-refractivity contribution < 1.29 is 8.42 Å². The van der Waals surface area contributed by atoms with Gasteiger partial charge in [-0.25, -0.2) is 8.42 Å². The van der Waals surface area contributed by atoms with Crippen molar-refractivity contribution in [3.05, 3.63) is 29.8 Å². The average molecular weight is 297 g/mol. The Bertz CT molecular complexity index is 687. The third kappa shape index (κ3) is 3.20. The molecule has 0 aliphatic carbocycles. The Morgan fingerprint density at radius 3 is 2.80 bits per heavy atom. The van der Waals surface area contributed by atoms with E-state index in [0.717, 1.165) is 12.2 Å². The maximum absolute atomic E-state index is 12.3. The van der Waals surface area contributed by atoms with Gasteiger partial charge in [0.2, 0.25) is 0 Å². The maximum atomic E-state index is 12.3. The molecule has 7 nitrogen and oxygen atoms in total. The number of aromatic nitrogens is 3. The van der Waals surface area contributed by atoms with Gasteiger partial charge in [-0.2, -0.15) is 5.10 Å². The van der Waals surface area contributed by atoms with Crippen LogP contribution >= 0.6 is 0 Å². The fraction of sp³-hybridized carbons (Fsp3) is 0.417. The number of hydrogen-bond acceptors (Lipinski definition) is 4. The summed E-state index contributed by atoms with van der Waals surface area (Å²) in [4.78, 5) is 3.17. The summed E-state index contributed by atoms with van der Waals surface area (Å²) >= 11 is 0. The van der Waals surface area contributed by atoms with Crippen LogP contribution in [0.2, 0.25) is 0 Å². The summed E-state index contributed by atoms with van der Waals surface area (Å²) in [5.74, 6) is 0. The highest BCUT2D eigenvalue weighted by Gasteiger charge is 2.18. The first-order valence-electron chi connectivity index (χ1n) is 6.33. The van der Waals surface area contributed by atoms with Crippen LogP contribution < -0.4 is 10.0 Å². The molecular formula is C12H19N5O2S. The highest BCUT2D eigenvalue weighted by atomic mass is 32.2. The molecule has 2 aromatic rings. The van der Waals surface area contributed by atoms with Crippen molar-refractivity contribution in [3.63, 3.8) is 0 Å². The molecule has 0 saturated heterocycles. The van der Waals surface area contributed by atoms with Crippen molar-refractivity contribution in [3.8, 4) is 0 Å². The van der Waals surface area contributed by atoms with Crippen molar-refractivity contribution >= 4 is 15.7 Å². The molecule has 0 saturated carbocycles. The van der Waals surface area contributed by atoms with E-state index in [-0.39, 0.29) is 4.90 Å². The van der Waals surface area contributed by atoms with Crippen LogP contribution in [0.3, 0.4) is 0 Å². The number of rotatable bonds is 6. The number of nitrogens with one attached hydrogen (secondary N) is 3. The van der Waals surface area contributed by atoms with Crippen LogP contribution in [0, 0.1) is 6.92 Å². The van der Waals surface area contributed by atoms with Gasteiger partial charge in [-0.15, -0.1) is 0 Å². The second-order valence-electron chi connectivity index (χ2n) is 4.55. The molecule has 0 spiro atoms. The molecule has 0 aliphatic heterocycles. The lowest BCUT2D eigenvalue weighted by molar-refractivity contribution is 0.601. The predicted octanol–water partition coefficient (Wildman–Crippen LogP) is 0.967. The zero-order valence-corrected chi connectivity index (χ0v) is 12.6. The van der Waals surface area contributed by atoms with E-state index in [2.05, 4.69) is 20.1 Å². The summed E-state index contributed by atoms with van der Waals surface area (Å²) in [7, 11) is -1.84. The van der Waals surface area contributed by atoms with Crippen LogP contribution in [0.1, 0.15) is 18.3 Å². The number of sulfonamides is 1. The molecular weight excluding hydrogens is 278 g/mol. The number of anilines is 1. The summed E-state index contributed by atoms with van der Waals surface area (Å²) in [6.45, 7) is 5.19. The second kappa shape index (κ2) is 5.68. The van der Waals surface area contributed by atoms with E-state index >= 15 is 0 Å². The maximum Gasteiger partial charge on any atom is 0.263 e. The van der Waals surface area contributed by atoms with Crippen LogP contribution in [-0.2, 0) is 23.6 Å². The minimum atomic E-state index is -3.59. The molecule has 8 heteroatoms. The van der Waals surface area contributed by atoms with E-state index in [1.54, 1.807) is 30.9 Å². The van der Waals surface area contributed by atoms with Gasteiger partial charge in [-0.1, -0.05) is 6.92 Å². The molecule has 3 N–H and O–H groups in total. The Hall–Kier alpha value is -1.80. The summed E-state index contributed by atoms with van der Waals surface area (Å²) in [6, 6.07) is 1.62. The van der Waals surface area contributed by atoms with E-state index < -0.39 is 10.0 Å². The Kier molecular flexibility index (Phi) is 4.15. The van der Waals surface area contributed by atoms with Gasteiger partial charge in [0.15, 0.2) is 0 Å². The largest absolute Gasteiger partial charge is 0.363 e. The van der Waals surface area contributed by atoms with Gasteiger partial charge in [0.05, 0.1) is 11.4 Å². The van der Waals surface area contributed by atoms with E-state index in [9.17, 15) is 8.42 Å². The Morgan fingerprint density at radius 1 is 1.45 bits per heavy atom. The zero-order chi connectivity index (χ0) is 14.8. The minimum absolute atomic E-state index is 0.216. The normalized spacial score (nSPS) is 11.8. The van der Waals surface area contributed by atoms with Gasteiger partial charge in [0.25, 0.3) is 10.0 Å². The number of aryl methyl sites for hydroxylation is 2. The fourth-order valence-corrected chi connectivity index (χ4v) is 2.96. The molecule has 2 aromatic heterocycles. The molecule has 2 rings (SSSR count). The van der Waals surface area contributed by atoms with Crippen LogP contribution in [-0.4, -0.2) is 29.7 Å². The lowest BCUT2D eigenvalue weighted by Crippen LogP contribution is -2.13. The van der Waals surface area contributed by atoms with Crippen LogP contribution in [0.4, 0.5) is 5.69 Å². The highest BCUT2D eigenvalue weighted by molar-refractivity contribution is 7.92. The smallest absolute Gasteiger partial charge is 0.263 e. The third-order valence-electron chi connectivity index (χ3n) is 2.85. The lowest BCUT2D eigenvalue weighted by atomic mass is 10.4. The summed E-state index contributed by atoms with van der Waals surface area (Å²) < 4.78 is 28.6. The van der Waals surface area contributed by atoms with E-state index in [0.29, 0.717) is 17.9 Å². The predicted molar refractivity (Wildman–Crippen MR) is 76.9 cm³/mol. The van der Waals surface area contributed by atoms with Crippen LogP contribution in [0.25, 0.3) is 0 Å². The molecule has 110 valence electrons. The fourth-order valence-electron chi connectivity index (χ4n) is 1.84. The number of H-pyrrole nitrogens is 1. The van der Waals surface area contributed by atoms with Gasteiger partial charge in [-0.3, -0.25) is 9.40 Å². The van der Waals surface area contributed by atoms with Crippen molar-refractivity contribution in [2.24, 2.45) is 7.05 Å². The first kappa shape index (κ1) is 14.6. The third-order valence-corrected chi connectivity index (χ3v) is 4.19. The SMILES string of the molecule is CCNCc1cc(S(=O)(=O)Nc2cn(C)nc2C)c[nH]1. The zero-order valence-electron chi connectivity index (χ0n) is 11.8. The molecule has 0 unspecified atom stereocenters. The molecule has 0 radical (unpaired) electrons. The second-order valence-corrected chi connectivity index (χ2v) is 6.23. The van der Waals surface area contributed by atoms with Crippen LogP contribution in [0.15, 0.2) is 23.4 Å². The van der Waals surface area contributed by atoms with Crippen LogP contribution in [0.5, 0.6) is 0 Å². The van der Waals surface area contributed by atoms with Crippen molar-refractivity contribution in [1.29, 1.82) is 0 Å². The van der Waals surface area contributed by atoms with Crippen molar-refractivity contribution in [1.82, 2.24) is 20.1 Å². The highest BCUT2D eigenvalue weighted by Crippen LogP contribution is 2.19. The summed E-state index contributed by atoms with van der Waals surface area (Å²) in [5, 5.41) is 7.24. The first-order chi connectivity index (χ1) is 9.42. The number of hydrogen-bond donors (Lipinski definition) is 3. The summed E-state index contributed by atoms with van der Waals surface area (Å²) in [5.41, 5.74) is 1.96. The van der Waals surface area contributed by atoms with E-state index in [1.165, 1.54) is 6.20 Å². The van der Waals surface area contributed by atoms with Gasteiger partial charge in [0.1, 0.15) is 4.90 Å². The quantitative estimate of drug-likeness (QED) is 0.741. The van der Waals surface area contributed by atoms with Gasteiger partial charge in [0, 0.05) is 31.7 Å². The molecule has 2 heterocycles. The molecule has 20 heavy (non-hydrogen) atoms. The lowest BCUT2D eigenvalue weighted by Gasteiger charge is -2.04. The Morgan fingerprint density at radius 2 is 2.20 bits per heavy atom. The molecule has 0 amide bonds. The standard InChI is InChI=1S/C12H19N5O2S/c1-4-13-6-10-5-11(7-14-10)20(18,19)16-12-8-17(3)15-9(12)2/h5,7-8,13-14,16H,4,6H2,1-3H3. The Labute approximate surface area is 118 Å². The molecule has 0 aliphatic rings. The van der Waals surface area contributed by atoms with Crippen molar-refractivity contribution in [2.75, 3.05) is 11.3 Å². The van der Waals surface area contributed by atoms with E-state index in [4.69, 9.17) is 0 Å². The van der Waals surface area contributed by atoms with Gasteiger partial charge in [-0.05, 0) is 19.5 Å². The van der Waals surface area contributed by atoms with E-state index in [1.807, 2.05) is 6.92 Å². The van der Waals surface area contributed by atoms with Gasteiger partial charge < -0.3 is 10.3 Å².